The number of carbonyl (C=O) groups is 2. The fourth-order valence-corrected chi connectivity index (χ4v) is 4.49. The lowest BCUT2D eigenvalue weighted by molar-refractivity contribution is -0.147. The summed E-state index contributed by atoms with van der Waals surface area (Å²) in [7, 11) is -2.25. The summed E-state index contributed by atoms with van der Waals surface area (Å²) in [6.07, 6.45) is 0.841. The Bertz CT molecular complexity index is 725. The molecule has 0 bridgehead atoms. The molecule has 2 rings (SSSR count). The molecule has 1 aliphatic rings. The predicted octanol–water partition coefficient (Wildman–Crippen LogP) is 1.40. The van der Waals surface area contributed by atoms with Crippen molar-refractivity contribution >= 4 is 21.9 Å². The first-order chi connectivity index (χ1) is 12.3. The summed E-state index contributed by atoms with van der Waals surface area (Å²) in [5.74, 6) is -1.11. The van der Waals surface area contributed by atoms with E-state index in [0.717, 1.165) is 0 Å². The molecule has 1 fully saturated rings. The molecule has 8 heteroatoms. The number of piperidine rings is 1. The van der Waals surface area contributed by atoms with Gasteiger partial charge in [-0.05, 0) is 30.9 Å². The number of methoxy groups -OCH3 is 1. The average Bonchev–Trinajstić information content (AvgIpc) is 2.65. The molecule has 1 aromatic rings. The van der Waals surface area contributed by atoms with Crippen molar-refractivity contribution in [3.8, 4) is 0 Å². The van der Waals surface area contributed by atoms with Crippen molar-refractivity contribution < 1.29 is 22.7 Å². The van der Waals surface area contributed by atoms with Crippen LogP contribution in [0.4, 0.5) is 0 Å². The van der Waals surface area contributed by atoms with Crippen LogP contribution in [0.15, 0.2) is 35.2 Å². The second-order valence-electron chi connectivity index (χ2n) is 6.74. The third kappa shape index (κ3) is 4.62. The molecule has 7 nitrogen and oxygen atoms in total. The Labute approximate surface area is 154 Å². The molecule has 1 atom stereocenters. The molecule has 0 spiro atoms. The molecule has 0 saturated carbocycles. The second kappa shape index (κ2) is 8.64. The lowest BCUT2D eigenvalue weighted by Crippen LogP contribution is -2.49. The van der Waals surface area contributed by atoms with Gasteiger partial charge in [-0.25, -0.2) is 13.2 Å². The van der Waals surface area contributed by atoms with Crippen molar-refractivity contribution in [1.82, 2.24) is 9.62 Å². The third-order valence-corrected chi connectivity index (χ3v) is 6.54. The van der Waals surface area contributed by atoms with Crippen molar-refractivity contribution in [2.75, 3.05) is 20.2 Å². The van der Waals surface area contributed by atoms with E-state index in [1.54, 1.807) is 30.3 Å². The van der Waals surface area contributed by atoms with Crippen LogP contribution in [-0.4, -0.2) is 50.8 Å². The number of nitrogens with zero attached hydrogens (tertiary/aromatic N) is 1. The van der Waals surface area contributed by atoms with Gasteiger partial charge in [0.2, 0.25) is 15.9 Å². The number of esters is 1. The van der Waals surface area contributed by atoms with E-state index >= 15 is 0 Å². The molecule has 1 saturated heterocycles. The van der Waals surface area contributed by atoms with Crippen molar-refractivity contribution in [2.24, 2.45) is 11.8 Å². The highest BCUT2D eigenvalue weighted by atomic mass is 32.2. The largest absolute Gasteiger partial charge is 0.467 e. The number of hydrogen-bond donors (Lipinski definition) is 1. The minimum Gasteiger partial charge on any atom is -0.467 e. The first-order valence-corrected chi connectivity index (χ1v) is 10.1. The highest BCUT2D eigenvalue weighted by Gasteiger charge is 2.34. The second-order valence-corrected chi connectivity index (χ2v) is 8.68. The van der Waals surface area contributed by atoms with Gasteiger partial charge in [0, 0.05) is 19.0 Å². The van der Waals surface area contributed by atoms with Crippen LogP contribution in [0.25, 0.3) is 0 Å². The Morgan fingerprint density at radius 3 is 2.23 bits per heavy atom. The molecule has 0 radical (unpaired) electrons. The summed E-state index contributed by atoms with van der Waals surface area (Å²) in [4.78, 5) is 24.5. The van der Waals surface area contributed by atoms with Gasteiger partial charge in [0.25, 0.3) is 0 Å². The van der Waals surface area contributed by atoms with Gasteiger partial charge in [0.05, 0.1) is 12.0 Å². The molecular formula is C18H26N2O5S. The molecule has 1 amide bonds. The van der Waals surface area contributed by atoms with Gasteiger partial charge in [0.1, 0.15) is 6.04 Å². The molecule has 0 unspecified atom stereocenters. The number of sulfonamides is 1. The van der Waals surface area contributed by atoms with E-state index in [4.69, 9.17) is 4.74 Å². The predicted molar refractivity (Wildman–Crippen MR) is 96.7 cm³/mol. The molecule has 1 aromatic carbocycles. The van der Waals surface area contributed by atoms with E-state index in [-0.39, 0.29) is 35.7 Å². The Balaban J connectivity index is 1.97. The van der Waals surface area contributed by atoms with Crippen LogP contribution in [0.1, 0.15) is 26.7 Å². The van der Waals surface area contributed by atoms with E-state index in [1.165, 1.54) is 11.4 Å². The van der Waals surface area contributed by atoms with Gasteiger partial charge in [-0.2, -0.15) is 4.31 Å². The van der Waals surface area contributed by atoms with Crippen LogP contribution in [0.5, 0.6) is 0 Å². The number of benzene rings is 1. The smallest absolute Gasteiger partial charge is 0.328 e. The number of carbonyl (C=O) groups excluding carboxylic acids is 2. The van der Waals surface area contributed by atoms with Crippen LogP contribution in [0.3, 0.4) is 0 Å². The van der Waals surface area contributed by atoms with Crippen LogP contribution in [-0.2, 0) is 24.3 Å². The third-order valence-electron chi connectivity index (χ3n) is 4.63. The van der Waals surface area contributed by atoms with E-state index in [0.29, 0.717) is 12.8 Å². The summed E-state index contributed by atoms with van der Waals surface area (Å²) in [6, 6.07) is 7.58. The molecule has 1 heterocycles. The average molecular weight is 382 g/mol. The highest BCUT2D eigenvalue weighted by Crippen LogP contribution is 2.24. The normalized spacial score (nSPS) is 17.7. The maximum absolute atomic E-state index is 12.6. The molecule has 0 aliphatic carbocycles. The van der Waals surface area contributed by atoms with Crippen molar-refractivity contribution in [2.45, 2.75) is 37.6 Å². The fourth-order valence-electron chi connectivity index (χ4n) is 3.00. The summed E-state index contributed by atoms with van der Waals surface area (Å²) < 4.78 is 31.4. The van der Waals surface area contributed by atoms with E-state index in [1.807, 2.05) is 13.8 Å². The van der Waals surface area contributed by atoms with E-state index in [2.05, 4.69) is 5.32 Å². The fraction of sp³-hybridized carbons (Fsp3) is 0.556. The summed E-state index contributed by atoms with van der Waals surface area (Å²) in [5, 5.41) is 2.74. The van der Waals surface area contributed by atoms with Gasteiger partial charge < -0.3 is 10.1 Å². The van der Waals surface area contributed by atoms with Crippen molar-refractivity contribution in [1.29, 1.82) is 0 Å². The Morgan fingerprint density at radius 2 is 1.73 bits per heavy atom. The number of amides is 1. The maximum Gasteiger partial charge on any atom is 0.328 e. The molecule has 1 aliphatic heterocycles. The zero-order valence-electron chi connectivity index (χ0n) is 15.3. The zero-order valence-corrected chi connectivity index (χ0v) is 16.2. The quantitative estimate of drug-likeness (QED) is 0.751. The van der Waals surface area contributed by atoms with Gasteiger partial charge in [0.15, 0.2) is 0 Å². The maximum atomic E-state index is 12.6. The molecule has 1 N–H and O–H groups in total. The monoisotopic (exact) mass is 382 g/mol. The Hall–Kier alpha value is -1.93. The standard InChI is InChI=1S/C18H26N2O5S/c1-13(2)16(18(22)25-3)19-17(21)14-9-11-20(12-10-14)26(23,24)15-7-5-4-6-8-15/h4-8,13-14,16H,9-12H2,1-3H3,(H,19,21)/t16-/m1/s1. The molecule has 26 heavy (non-hydrogen) atoms. The van der Waals surface area contributed by atoms with Crippen LogP contribution >= 0.6 is 0 Å². The number of hydrogen-bond acceptors (Lipinski definition) is 5. The minimum atomic E-state index is -3.54. The topological polar surface area (TPSA) is 92.8 Å². The number of rotatable bonds is 6. The van der Waals surface area contributed by atoms with E-state index in [9.17, 15) is 18.0 Å². The molecule has 0 aromatic heterocycles. The lowest BCUT2D eigenvalue weighted by Gasteiger charge is -2.31. The van der Waals surface area contributed by atoms with Crippen molar-refractivity contribution in [3.05, 3.63) is 30.3 Å². The molecule has 144 valence electrons. The summed E-state index contributed by atoms with van der Waals surface area (Å²) in [6.45, 7) is 4.22. The lowest BCUT2D eigenvalue weighted by atomic mass is 9.95. The van der Waals surface area contributed by atoms with Gasteiger partial charge >= 0.3 is 5.97 Å². The zero-order chi connectivity index (χ0) is 19.3. The van der Waals surface area contributed by atoms with Crippen molar-refractivity contribution in [3.63, 3.8) is 0 Å². The van der Waals surface area contributed by atoms with Crippen LogP contribution in [0, 0.1) is 11.8 Å². The van der Waals surface area contributed by atoms with Gasteiger partial charge in [-0.3, -0.25) is 4.79 Å². The summed E-state index contributed by atoms with van der Waals surface area (Å²) in [5.41, 5.74) is 0. The van der Waals surface area contributed by atoms with E-state index < -0.39 is 22.0 Å². The SMILES string of the molecule is COC(=O)[C@H](NC(=O)C1CCN(S(=O)(=O)c2ccccc2)CC1)C(C)C. The molecular weight excluding hydrogens is 356 g/mol. The number of nitrogens with one attached hydrogen (secondary N) is 1. The minimum absolute atomic E-state index is 0.0926. The Kier molecular flexibility index (Phi) is 6.77. The highest BCUT2D eigenvalue weighted by molar-refractivity contribution is 7.89. The first-order valence-electron chi connectivity index (χ1n) is 8.70. The number of ether oxygens (including phenoxy) is 1. The first kappa shape index (κ1) is 20.4. The van der Waals surface area contributed by atoms with Crippen LogP contribution < -0.4 is 5.32 Å². The van der Waals surface area contributed by atoms with Gasteiger partial charge in [-0.1, -0.05) is 32.0 Å². The van der Waals surface area contributed by atoms with Gasteiger partial charge in [-0.15, -0.1) is 0 Å². The van der Waals surface area contributed by atoms with Crippen LogP contribution in [0.2, 0.25) is 0 Å². The summed E-state index contributed by atoms with van der Waals surface area (Å²) >= 11 is 0. The Morgan fingerprint density at radius 1 is 1.15 bits per heavy atom.